The first-order valence-electron chi connectivity index (χ1n) is 8.68. The van der Waals surface area contributed by atoms with Gasteiger partial charge in [-0.25, -0.2) is 4.98 Å². The summed E-state index contributed by atoms with van der Waals surface area (Å²) in [5.74, 6) is 2.09. The van der Waals surface area contributed by atoms with Crippen molar-refractivity contribution in [1.29, 1.82) is 0 Å². The molecule has 23 heavy (non-hydrogen) atoms. The summed E-state index contributed by atoms with van der Waals surface area (Å²) in [5.41, 5.74) is 2.26. The maximum atomic E-state index is 12.6. The maximum absolute atomic E-state index is 12.6. The topological polar surface area (TPSA) is 58.4 Å². The van der Waals surface area contributed by atoms with Crippen LogP contribution in [0.2, 0.25) is 0 Å². The zero-order valence-electron chi connectivity index (χ0n) is 13.1. The Morgan fingerprint density at radius 2 is 2.17 bits per heavy atom. The third kappa shape index (κ3) is 2.53. The molecule has 2 aliphatic heterocycles. The maximum Gasteiger partial charge on any atom is 0.251 e. The van der Waals surface area contributed by atoms with E-state index < -0.39 is 0 Å². The highest BCUT2D eigenvalue weighted by molar-refractivity contribution is 5.97. The Balaban J connectivity index is 1.33. The van der Waals surface area contributed by atoms with Gasteiger partial charge in [-0.2, -0.15) is 0 Å². The molecular weight excluding hydrogens is 290 g/mol. The van der Waals surface area contributed by atoms with Crippen molar-refractivity contribution < 1.29 is 9.21 Å². The monoisotopic (exact) mass is 311 g/mol. The summed E-state index contributed by atoms with van der Waals surface area (Å²) in [6, 6.07) is 5.85. The van der Waals surface area contributed by atoms with Crippen molar-refractivity contribution in [2.75, 3.05) is 19.6 Å². The second-order valence-electron chi connectivity index (χ2n) is 7.33. The number of hydrogen-bond donors (Lipinski definition) is 1. The molecule has 1 aromatic heterocycles. The van der Waals surface area contributed by atoms with Crippen LogP contribution >= 0.6 is 0 Å². The standard InChI is InChI=1S/C18H21N3O2/c22-17(19-14-7-11-5-6-21(9-11)10-14)13-3-4-16-15(8-13)20-18(23-16)12-1-2-12/h3-4,8,11-12,14H,1-2,5-7,9-10H2,(H,19,22). The molecule has 5 rings (SSSR count). The number of nitrogens with zero attached hydrogens (tertiary/aromatic N) is 2. The van der Waals surface area contributed by atoms with Gasteiger partial charge in [0, 0.05) is 30.6 Å². The molecule has 120 valence electrons. The van der Waals surface area contributed by atoms with E-state index in [4.69, 9.17) is 4.42 Å². The lowest BCUT2D eigenvalue weighted by Crippen LogP contribution is -2.47. The predicted molar refractivity (Wildman–Crippen MR) is 86.4 cm³/mol. The van der Waals surface area contributed by atoms with E-state index in [1.54, 1.807) is 0 Å². The van der Waals surface area contributed by atoms with Crippen molar-refractivity contribution in [2.24, 2.45) is 5.92 Å². The Hall–Kier alpha value is -1.88. The highest BCUT2D eigenvalue weighted by Gasteiger charge is 2.33. The average molecular weight is 311 g/mol. The molecule has 1 N–H and O–H groups in total. The van der Waals surface area contributed by atoms with E-state index >= 15 is 0 Å². The van der Waals surface area contributed by atoms with Gasteiger partial charge in [0.25, 0.3) is 5.91 Å². The second kappa shape index (κ2) is 5.06. The molecule has 3 heterocycles. The van der Waals surface area contributed by atoms with Crippen LogP contribution in [0.1, 0.15) is 47.8 Å². The van der Waals surface area contributed by atoms with Crippen LogP contribution < -0.4 is 5.32 Å². The Morgan fingerprint density at radius 3 is 3.00 bits per heavy atom. The fourth-order valence-corrected chi connectivity index (χ4v) is 4.02. The number of amides is 1. The zero-order chi connectivity index (χ0) is 15.4. The van der Waals surface area contributed by atoms with E-state index in [9.17, 15) is 4.79 Å². The molecule has 3 aliphatic rings. The normalized spacial score (nSPS) is 29.8. The van der Waals surface area contributed by atoms with Crippen molar-refractivity contribution >= 4 is 17.0 Å². The Kier molecular flexibility index (Phi) is 2.98. The molecule has 1 amide bonds. The molecule has 2 aromatic rings. The first-order chi connectivity index (χ1) is 11.2. The lowest BCUT2D eigenvalue weighted by Gasteiger charge is -2.30. The fraction of sp³-hybridized carbons (Fsp3) is 0.556. The van der Waals surface area contributed by atoms with Crippen LogP contribution in [0, 0.1) is 5.92 Å². The molecular formula is C18H21N3O2. The first-order valence-corrected chi connectivity index (χ1v) is 8.68. The number of hydrogen-bond acceptors (Lipinski definition) is 4. The highest BCUT2D eigenvalue weighted by atomic mass is 16.3. The van der Waals surface area contributed by atoms with E-state index in [-0.39, 0.29) is 11.9 Å². The van der Waals surface area contributed by atoms with Crippen molar-refractivity contribution in [3.8, 4) is 0 Å². The molecule has 5 nitrogen and oxygen atoms in total. The second-order valence-corrected chi connectivity index (χ2v) is 7.33. The van der Waals surface area contributed by atoms with Crippen LogP contribution in [-0.4, -0.2) is 41.5 Å². The number of carbonyl (C=O) groups is 1. The number of carbonyl (C=O) groups excluding carboxylic acids is 1. The van der Waals surface area contributed by atoms with E-state index in [1.807, 2.05) is 18.2 Å². The molecule has 5 heteroatoms. The molecule has 1 saturated carbocycles. The van der Waals surface area contributed by atoms with Gasteiger partial charge in [-0.05, 0) is 56.3 Å². The molecule has 2 bridgehead atoms. The van der Waals surface area contributed by atoms with Crippen LogP contribution in [0.15, 0.2) is 22.6 Å². The number of rotatable bonds is 3. The number of aromatic nitrogens is 1. The SMILES string of the molecule is O=C(NC1CC2CCN(C2)C1)c1ccc2oc(C3CC3)nc2c1. The van der Waals surface area contributed by atoms with Gasteiger partial charge < -0.3 is 14.6 Å². The van der Waals surface area contributed by atoms with E-state index in [0.29, 0.717) is 11.5 Å². The minimum atomic E-state index is 0.00960. The van der Waals surface area contributed by atoms with E-state index in [2.05, 4.69) is 15.2 Å². The summed E-state index contributed by atoms with van der Waals surface area (Å²) < 4.78 is 5.76. The number of nitrogens with one attached hydrogen (secondary N) is 1. The van der Waals surface area contributed by atoms with Crippen LogP contribution in [0.25, 0.3) is 11.1 Å². The van der Waals surface area contributed by atoms with Crippen LogP contribution in [0.3, 0.4) is 0 Å². The average Bonchev–Trinajstić information content (AvgIpc) is 3.23. The summed E-state index contributed by atoms with van der Waals surface area (Å²) in [7, 11) is 0. The summed E-state index contributed by atoms with van der Waals surface area (Å²) in [6.07, 6.45) is 4.72. The molecule has 0 radical (unpaired) electrons. The number of fused-ring (bicyclic) bond motifs is 3. The Morgan fingerprint density at radius 1 is 1.26 bits per heavy atom. The fourth-order valence-electron chi connectivity index (χ4n) is 4.02. The van der Waals surface area contributed by atoms with Crippen molar-refractivity contribution in [3.05, 3.63) is 29.7 Å². The lowest BCUT2D eigenvalue weighted by molar-refractivity contribution is 0.0909. The summed E-state index contributed by atoms with van der Waals surface area (Å²) in [4.78, 5) is 19.6. The summed E-state index contributed by atoms with van der Waals surface area (Å²) in [6.45, 7) is 3.38. The van der Waals surface area contributed by atoms with Crippen LogP contribution in [0.5, 0.6) is 0 Å². The molecule has 0 spiro atoms. The van der Waals surface area contributed by atoms with E-state index in [1.165, 1.54) is 32.4 Å². The first kappa shape index (κ1) is 13.5. The Bertz CT molecular complexity index is 753. The third-order valence-corrected chi connectivity index (χ3v) is 5.39. The minimum absolute atomic E-state index is 0.00960. The van der Waals surface area contributed by atoms with Gasteiger partial charge >= 0.3 is 0 Å². The molecule has 1 aliphatic carbocycles. The molecule has 3 atom stereocenters. The van der Waals surface area contributed by atoms with Crippen LogP contribution in [-0.2, 0) is 0 Å². The molecule has 1 aromatic carbocycles. The van der Waals surface area contributed by atoms with E-state index in [0.717, 1.165) is 35.9 Å². The van der Waals surface area contributed by atoms with Crippen LogP contribution in [0.4, 0.5) is 0 Å². The minimum Gasteiger partial charge on any atom is -0.440 e. The van der Waals surface area contributed by atoms with Crippen molar-refractivity contribution in [1.82, 2.24) is 15.2 Å². The number of piperidine rings is 1. The van der Waals surface area contributed by atoms with Gasteiger partial charge in [-0.15, -0.1) is 0 Å². The van der Waals surface area contributed by atoms with Gasteiger partial charge in [0.05, 0.1) is 0 Å². The van der Waals surface area contributed by atoms with Crippen molar-refractivity contribution in [3.63, 3.8) is 0 Å². The van der Waals surface area contributed by atoms with Gasteiger partial charge in [-0.3, -0.25) is 4.79 Å². The van der Waals surface area contributed by atoms with Gasteiger partial charge in [0.2, 0.25) is 0 Å². The van der Waals surface area contributed by atoms with Crippen molar-refractivity contribution in [2.45, 2.75) is 37.6 Å². The number of benzene rings is 1. The zero-order valence-corrected chi connectivity index (χ0v) is 13.1. The Labute approximate surface area is 135 Å². The summed E-state index contributed by atoms with van der Waals surface area (Å²) >= 11 is 0. The largest absolute Gasteiger partial charge is 0.440 e. The highest BCUT2D eigenvalue weighted by Crippen LogP contribution is 2.40. The van der Waals surface area contributed by atoms with Gasteiger partial charge in [0.1, 0.15) is 5.52 Å². The van der Waals surface area contributed by atoms with Gasteiger partial charge in [-0.1, -0.05) is 0 Å². The smallest absolute Gasteiger partial charge is 0.251 e. The molecule has 3 fully saturated rings. The predicted octanol–water partition coefficient (Wildman–Crippen LogP) is 2.53. The summed E-state index contributed by atoms with van der Waals surface area (Å²) in [5, 5.41) is 3.20. The molecule has 3 unspecified atom stereocenters. The molecule has 2 saturated heterocycles. The lowest BCUT2D eigenvalue weighted by atomic mass is 9.96. The number of oxazole rings is 1. The van der Waals surface area contributed by atoms with Gasteiger partial charge in [0.15, 0.2) is 11.5 Å². The quantitative estimate of drug-likeness (QED) is 0.946. The third-order valence-electron chi connectivity index (χ3n) is 5.39.